The highest BCUT2D eigenvalue weighted by Gasteiger charge is 2.16. The van der Waals surface area contributed by atoms with Crippen LogP contribution in [0.4, 0.5) is 0 Å². The highest BCUT2D eigenvalue weighted by molar-refractivity contribution is 9.10. The topological polar surface area (TPSA) is 15.7 Å². The van der Waals surface area contributed by atoms with Crippen molar-refractivity contribution in [3.8, 4) is 0 Å². The van der Waals surface area contributed by atoms with Crippen molar-refractivity contribution in [1.82, 2.24) is 9.80 Å². The van der Waals surface area contributed by atoms with Gasteiger partial charge in [0.2, 0.25) is 0 Å². The van der Waals surface area contributed by atoms with E-state index in [2.05, 4.69) is 43.9 Å². The molecule has 3 rings (SSSR count). The lowest BCUT2D eigenvalue weighted by Crippen LogP contribution is -2.38. The smallest absolute Gasteiger partial charge is 0.0594 e. The number of morpholine rings is 1. The molecule has 0 aliphatic carbocycles. The minimum Gasteiger partial charge on any atom is -0.379 e. The number of halogens is 1. The molecule has 1 saturated heterocycles. The van der Waals surface area contributed by atoms with E-state index in [4.69, 9.17) is 4.74 Å². The fraction of sp³-hybridized carbons (Fsp3) is 0.625. The molecule has 0 unspecified atom stereocenters. The molecule has 0 saturated carbocycles. The number of hydrogen-bond donors (Lipinski definition) is 0. The zero-order valence-corrected chi connectivity index (χ0v) is 13.6. The first kappa shape index (κ1) is 14.5. The van der Waals surface area contributed by atoms with Crippen molar-refractivity contribution in [1.29, 1.82) is 0 Å². The molecule has 0 bridgehead atoms. The van der Waals surface area contributed by atoms with Crippen molar-refractivity contribution < 1.29 is 4.74 Å². The molecule has 0 atom stereocenters. The summed E-state index contributed by atoms with van der Waals surface area (Å²) >= 11 is 3.58. The Hall–Kier alpha value is -0.420. The van der Waals surface area contributed by atoms with Crippen molar-refractivity contribution in [3.05, 3.63) is 33.8 Å². The van der Waals surface area contributed by atoms with E-state index in [1.54, 1.807) is 0 Å². The summed E-state index contributed by atoms with van der Waals surface area (Å²) in [5.41, 5.74) is 3.02. The molecule has 3 nitrogen and oxygen atoms in total. The van der Waals surface area contributed by atoms with Crippen molar-refractivity contribution in [2.24, 2.45) is 0 Å². The lowest BCUT2D eigenvalue weighted by Gasteiger charge is -2.31. The molecule has 2 aliphatic heterocycles. The van der Waals surface area contributed by atoms with E-state index in [1.807, 2.05) is 0 Å². The van der Waals surface area contributed by atoms with Crippen molar-refractivity contribution >= 4 is 15.9 Å². The second-order valence-corrected chi connectivity index (χ2v) is 6.66. The van der Waals surface area contributed by atoms with Crippen molar-refractivity contribution in [3.63, 3.8) is 0 Å². The third-order valence-electron chi connectivity index (χ3n) is 4.31. The molecule has 20 heavy (non-hydrogen) atoms. The minimum absolute atomic E-state index is 0.908. The number of ether oxygens (including phenoxy) is 1. The summed E-state index contributed by atoms with van der Waals surface area (Å²) in [7, 11) is 0. The highest BCUT2D eigenvalue weighted by atomic mass is 79.9. The Morgan fingerprint density at radius 1 is 1.00 bits per heavy atom. The molecule has 1 aromatic carbocycles. The van der Waals surface area contributed by atoms with E-state index in [-0.39, 0.29) is 0 Å². The van der Waals surface area contributed by atoms with Gasteiger partial charge < -0.3 is 4.74 Å². The molecule has 0 aromatic heterocycles. The van der Waals surface area contributed by atoms with Crippen LogP contribution in [0.3, 0.4) is 0 Å². The van der Waals surface area contributed by atoms with Gasteiger partial charge in [-0.1, -0.05) is 22.0 Å². The summed E-state index contributed by atoms with van der Waals surface area (Å²) in [6.07, 6.45) is 2.46. The third kappa shape index (κ3) is 3.82. The van der Waals surface area contributed by atoms with E-state index in [1.165, 1.54) is 48.1 Å². The van der Waals surface area contributed by atoms with Crippen LogP contribution in [-0.4, -0.2) is 55.7 Å². The van der Waals surface area contributed by atoms with E-state index >= 15 is 0 Å². The van der Waals surface area contributed by atoms with E-state index in [9.17, 15) is 0 Å². The molecular formula is C16H23BrN2O. The zero-order chi connectivity index (χ0) is 13.8. The fourth-order valence-electron chi connectivity index (χ4n) is 3.12. The van der Waals surface area contributed by atoms with E-state index in [0.717, 1.165) is 32.8 Å². The van der Waals surface area contributed by atoms with Crippen LogP contribution >= 0.6 is 15.9 Å². The number of nitrogens with zero attached hydrogens (tertiary/aromatic N) is 2. The van der Waals surface area contributed by atoms with Gasteiger partial charge in [-0.2, -0.15) is 0 Å². The molecular weight excluding hydrogens is 316 g/mol. The van der Waals surface area contributed by atoms with Crippen LogP contribution in [-0.2, 0) is 17.7 Å². The Labute approximate surface area is 130 Å². The summed E-state index contributed by atoms with van der Waals surface area (Å²) in [5.74, 6) is 0. The van der Waals surface area contributed by atoms with Gasteiger partial charge in [-0.3, -0.25) is 9.80 Å². The Bertz CT molecular complexity index is 446. The average Bonchev–Trinajstić information content (AvgIpc) is 2.48. The molecule has 0 amide bonds. The predicted molar refractivity (Wildman–Crippen MR) is 85.0 cm³/mol. The molecule has 2 aliphatic rings. The zero-order valence-electron chi connectivity index (χ0n) is 12.0. The molecule has 0 spiro atoms. The van der Waals surface area contributed by atoms with Gasteiger partial charge in [0, 0.05) is 30.7 Å². The standard InChI is InChI=1S/C16H23BrN2O/c17-16-3-2-14-4-7-19(13-15(14)12-16)6-1-5-18-8-10-20-11-9-18/h2-3,12H,1,4-11,13H2. The first-order valence-electron chi connectivity index (χ1n) is 7.61. The van der Waals surface area contributed by atoms with Gasteiger partial charge in [0.25, 0.3) is 0 Å². The monoisotopic (exact) mass is 338 g/mol. The average molecular weight is 339 g/mol. The quantitative estimate of drug-likeness (QED) is 0.838. The predicted octanol–water partition coefficient (Wildman–Crippen LogP) is 2.53. The summed E-state index contributed by atoms with van der Waals surface area (Å²) in [4.78, 5) is 5.12. The molecule has 0 radical (unpaired) electrons. The van der Waals surface area contributed by atoms with Crippen LogP contribution in [0.25, 0.3) is 0 Å². The van der Waals surface area contributed by atoms with Gasteiger partial charge in [0.05, 0.1) is 13.2 Å². The van der Waals surface area contributed by atoms with Gasteiger partial charge in [-0.15, -0.1) is 0 Å². The number of hydrogen-bond acceptors (Lipinski definition) is 3. The summed E-state index contributed by atoms with van der Waals surface area (Å²) in [6.45, 7) is 8.77. The lowest BCUT2D eigenvalue weighted by atomic mass is 10.00. The van der Waals surface area contributed by atoms with Gasteiger partial charge in [-0.25, -0.2) is 0 Å². The minimum atomic E-state index is 0.908. The van der Waals surface area contributed by atoms with Gasteiger partial charge in [0.1, 0.15) is 0 Å². The molecule has 4 heteroatoms. The van der Waals surface area contributed by atoms with Gasteiger partial charge >= 0.3 is 0 Å². The van der Waals surface area contributed by atoms with Crippen molar-refractivity contribution in [2.45, 2.75) is 19.4 Å². The van der Waals surface area contributed by atoms with E-state index < -0.39 is 0 Å². The fourth-order valence-corrected chi connectivity index (χ4v) is 3.53. The SMILES string of the molecule is Brc1ccc2c(c1)CN(CCCN1CCOCC1)CC2. The Morgan fingerprint density at radius 3 is 2.65 bits per heavy atom. The molecule has 1 fully saturated rings. The number of benzene rings is 1. The van der Waals surface area contributed by atoms with Crippen LogP contribution in [0.2, 0.25) is 0 Å². The normalized spacial score (nSPS) is 20.9. The second kappa shape index (κ2) is 7.03. The number of rotatable bonds is 4. The second-order valence-electron chi connectivity index (χ2n) is 5.75. The van der Waals surface area contributed by atoms with Crippen LogP contribution in [0.1, 0.15) is 17.5 Å². The van der Waals surface area contributed by atoms with Crippen LogP contribution in [0.15, 0.2) is 22.7 Å². The Morgan fingerprint density at radius 2 is 1.80 bits per heavy atom. The largest absolute Gasteiger partial charge is 0.379 e. The summed E-state index contributed by atoms with van der Waals surface area (Å²) < 4.78 is 6.59. The maximum Gasteiger partial charge on any atom is 0.0594 e. The first-order valence-corrected chi connectivity index (χ1v) is 8.40. The molecule has 1 aromatic rings. The maximum atomic E-state index is 5.39. The number of fused-ring (bicyclic) bond motifs is 1. The lowest BCUT2D eigenvalue weighted by molar-refractivity contribution is 0.0359. The van der Waals surface area contributed by atoms with Gasteiger partial charge in [0.15, 0.2) is 0 Å². The molecule has 0 N–H and O–H groups in total. The third-order valence-corrected chi connectivity index (χ3v) is 4.81. The highest BCUT2D eigenvalue weighted by Crippen LogP contribution is 2.22. The Balaban J connectivity index is 1.45. The maximum absolute atomic E-state index is 5.39. The Kier molecular flexibility index (Phi) is 5.10. The van der Waals surface area contributed by atoms with Gasteiger partial charge in [-0.05, 0) is 49.2 Å². The van der Waals surface area contributed by atoms with Crippen molar-refractivity contribution in [2.75, 3.05) is 45.9 Å². The van der Waals surface area contributed by atoms with E-state index in [0.29, 0.717) is 0 Å². The first-order chi connectivity index (χ1) is 9.81. The van der Waals surface area contributed by atoms with Crippen LogP contribution < -0.4 is 0 Å². The summed E-state index contributed by atoms with van der Waals surface area (Å²) in [6, 6.07) is 6.71. The summed E-state index contributed by atoms with van der Waals surface area (Å²) in [5, 5.41) is 0. The molecule has 110 valence electrons. The molecule has 2 heterocycles. The van der Waals surface area contributed by atoms with Crippen LogP contribution in [0, 0.1) is 0 Å². The van der Waals surface area contributed by atoms with Crippen LogP contribution in [0.5, 0.6) is 0 Å².